The molecule has 1 N–H and O–H groups in total. The van der Waals surface area contributed by atoms with Crippen LogP contribution in [0.3, 0.4) is 0 Å². The van der Waals surface area contributed by atoms with Gasteiger partial charge in [-0.2, -0.15) is 0 Å². The number of amides is 1. The van der Waals surface area contributed by atoms with E-state index in [2.05, 4.69) is 5.32 Å². The standard InChI is InChI=1S/C11H12F2NO.Ti/c1-3-7(2)11(15)14-10-5-4-8(12)6-9(10)13;/h4-5,7H,3H2,1-2H3,(H,14,15);. The summed E-state index contributed by atoms with van der Waals surface area (Å²) in [5.74, 6) is -1.77. The Kier molecular flexibility index (Phi) is 4.62. The molecule has 5 heteroatoms. The Labute approximate surface area is 105 Å². The number of hydrogen-bond acceptors (Lipinski definition) is 1. The Morgan fingerprint density at radius 2 is 2.12 bits per heavy atom. The number of hydrogen-bond donors (Lipinski definition) is 1. The summed E-state index contributed by atoms with van der Waals surface area (Å²) < 4.78 is 26.4. The molecule has 1 aromatic rings. The molecule has 0 saturated heterocycles. The molecule has 2 nitrogen and oxygen atoms in total. The van der Waals surface area contributed by atoms with Crippen molar-refractivity contribution in [2.75, 3.05) is 5.32 Å². The summed E-state index contributed by atoms with van der Waals surface area (Å²) in [4.78, 5) is 11.5. The molecule has 0 saturated carbocycles. The van der Waals surface area contributed by atoms with E-state index >= 15 is 0 Å². The summed E-state index contributed by atoms with van der Waals surface area (Å²) in [7, 11) is 0. The van der Waals surface area contributed by atoms with Gasteiger partial charge in [-0.05, 0) is 0 Å². The van der Waals surface area contributed by atoms with E-state index in [1.165, 1.54) is 26.5 Å². The molecule has 0 radical (unpaired) electrons. The van der Waals surface area contributed by atoms with Crippen LogP contribution in [0.1, 0.15) is 20.3 Å². The Morgan fingerprint density at radius 3 is 2.69 bits per heavy atom. The van der Waals surface area contributed by atoms with Crippen LogP contribution in [0, 0.1) is 17.6 Å². The SMILES string of the molecule is CCC(C)C(=O)Nc1ccc(F)[c]([Ti])c1F. The molecule has 1 rings (SSSR count). The Hall–Kier alpha value is -0.736. The van der Waals surface area contributed by atoms with Gasteiger partial charge in [-0.15, -0.1) is 0 Å². The molecule has 85 valence electrons. The predicted molar refractivity (Wildman–Crippen MR) is 54.1 cm³/mol. The fourth-order valence-corrected chi connectivity index (χ4v) is 1.43. The monoisotopic (exact) mass is 260 g/mol. The van der Waals surface area contributed by atoms with Gasteiger partial charge in [0, 0.05) is 0 Å². The Morgan fingerprint density at radius 1 is 1.50 bits per heavy atom. The van der Waals surface area contributed by atoms with Gasteiger partial charge in [0.1, 0.15) is 0 Å². The van der Waals surface area contributed by atoms with Crippen molar-refractivity contribution in [1.82, 2.24) is 0 Å². The maximum atomic E-state index is 13.5. The Balaban J connectivity index is 2.91. The molecule has 1 atom stereocenters. The fraction of sp³-hybridized carbons (Fsp3) is 0.364. The first-order chi connectivity index (χ1) is 7.47. The van der Waals surface area contributed by atoms with Crippen LogP contribution in [0.25, 0.3) is 0 Å². The maximum absolute atomic E-state index is 13.5. The zero-order valence-electron chi connectivity index (χ0n) is 9.10. The zero-order valence-corrected chi connectivity index (χ0v) is 10.7. The first kappa shape index (κ1) is 13.3. The van der Waals surface area contributed by atoms with Gasteiger partial charge in [0.05, 0.1) is 0 Å². The van der Waals surface area contributed by atoms with E-state index in [-0.39, 0.29) is 21.4 Å². The summed E-state index contributed by atoms with van der Waals surface area (Å²) in [5, 5.41) is 2.45. The van der Waals surface area contributed by atoms with Crippen molar-refractivity contribution in [2.24, 2.45) is 5.92 Å². The van der Waals surface area contributed by atoms with Gasteiger partial charge in [0.15, 0.2) is 0 Å². The molecule has 0 aliphatic heterocycles. The third-order valence-corrected chi connectivity index (χ3v) is 3.12. The summed E-state index contributed by atoms with van der Waals surface area (Å²) in [6.07, 6.45) is 0.674. The second kappa shape index (κ2) is 5.55. The molecular formula is C11H12F2NOTi. The summed E-state index contributed by atoms with van der Waals surface area (Å²) in [5.41, 5.74) is 0.0317. The van der Waals surface area contributed by atoms with Crippen LogP contribution in [0.15, 0.2) is 12.1 Å². The first-order valence-corrected chi connectivity index (χ1v) is 5.75. The van der Waals surface area contributed by atoms with Gasteiger partial charge in [-0.1, -0.05) is 0 Å². The zero-order chi connectivity index (χ0) is 12.3. The molecule has 16 heavy (non-hydrogen) atoms. The number of benzene rings is 1. The number of nitrogens with one attached hydrogen (secondary N) is 1. The second-order valence-corrected chi connectivity index (χ2v) is 4.36. The predicted octanol–water partition coefficient (Wildman–Crippen LogP) is 2.12. The molecule has 0 bridgehead atoms. The molecule has 1 unspecified atom stereocenters. The van der Waals surface area contributed by atoms with Crippen molar-refractivity contribution in [2.45, 2.75) is 20.3 Å². The molecule has 0 aliphatic rings. The molecular weight excluding hydrogens is 248 g/mol. The number of halogens is 2. The van der Waals surface area contributed by atoms with Crippen molar-refractivity contribution in [3.05, 3.63) is 23.8 Å². The molecule has 1 amide bonds. The van der Waals surface area contributed by atoms with Crippen LogP contribution < -0.4 is 9.18 Å². The molecule has 0 aliphatic carbocycles. The van der Waals surface area contributed by atoms with Crippen LogP contribution in [-0.4, -0.2) is 5.91 Å². The third kappa shape index (κ3) is 2.89. The number of anilines is 1. The third-order valence-electron chi connectivity index (χ3n) is 2.41. The van der Waals surface area contributed by atoms with Crippen LogP contribution in [0.2, 0.25) is 0 Å². The van der Waals surface area contributed by atoms with Gasteiger partial charge in [-0.25, -0.2) is 0 Å². The summed E-state index contributed by atoms with van der Waals surface area (Å²) in [6, 6.07) is 2.38. The van der Waals surface area contributed by atoms with E-state index in [9.17, 15) is 13.6 Å². The van der Waals surface area contributed by atoms with E-state index in [4.69, 9.17) is 0 Å². The van der Waals surface area contributed by atoms with E-state index in [0.717, 1.165) is 6.07 Å². The van der Waals surface area contributed by atoms with Crippen LogP contribution in [0.4, 0.5) is 14.5 Å². The van der Waals surface area contributed by atoms with E-state index in [1.54, 1.807) is 6.92 Å². The summed E-state index contributed by atoms with van der Waals surface area (Å²) in [6.45, 7) is 3.63. The average Bonchev–Trinajstić information content (AvgIpc) is 2.28. The molecule has 0 fully saturated rings. The number of carbonyl (C=O) groups excluding carboxylic acids is 1. The topological polar surface area (TPSA) is 29.1 Å². The first-order valence-electron chi connectivity index (χ1n) is 4.97. The molecule has 0 aromatic heterocycles. The quantitative estimate of drug-likeness (QED) is 0.828. The van der Waals surface area contributed by atoms with Gasteiger partial charge in [-0.3, -0.25) is 0 Å². The van der Waals surface area contributed by atoms with Gasteiger partial charge >= 0.3 is 105 Å². The van der Waals surface area contributed by atoms with Gasteiger partial charge in [0.2, 0.25) is 0 Å². The average molecular weight is 260 g/mol. The second-order valence-electron chi connectivity index (χ2n) is 3.58. The molecule has 1 aromatic carbocycles. The normalized spacial score (nSPS) is 12.2. The minimum absolute atomic E-state index is 0.0317. The fourth-order valence-electron chi connectivity index (χ4n) is 1.09. The van der Waals surface area contributed by atoms with E-state index in [1.807, 2.05) is 6.92 Å². The number of rotatable bonds is 3. The van der Waals surface area contributed by atoms with E-state index in [0.29, 0.717) is 6.42 Å². The van der Waals surface area contributed by atoms with Crippen molar-refractivity contribution in [3.63, 3.8) is 0 Å². The van der Waals surface area contributed by atoms with Crippen LogP contribution in [-0.2, 0) is 25.2 Å². The minimum atomic E-state index is -0.711. The van der Waals surface area contributed by atoms with Gasteiger partial charge in [0.25, 0.3) is 0 Å². The summed E-state index contributed by atoms with van der Waals surface area (Å²) >= 11 is 1.34. The van der Waals surface area contributed by atoms with Crippen LogP contribution >= 0.6 is 0 Å². The van der Waals surface area contributed by atoms with Crippen molar-refractivity contribution in [1.29, 1.82) is 0 Å². The van der Waals surface area contributed by atoms with Crippen molar-refractivity contribution < 1.29 is 34.0 Å². The van der Waals surface area contributed by atoms with Crippen LogP contribution in [0.5, 0.6) is 0 Å². The number of carbonyl (C=O) groups is 1. The molecule has 0 spiro atoms. The van der Waals surface area contributed by atoms with Crippen molar-refractivity contribution >= 4 is 15.5 Å². The Bertz CT molecular complexity index is 409. The van der Waals surface area contributed by atoms with Gasteiger partial charge < -0.3 is 0 Å². The van der Waals surface area contributed by atoms with E-state index < -0.39 is 11.6 Å². The molecule has 0 heterocycles. The van der Waals surface area contributed by atoms with Crippen molar-refractivity contribution in [3.8, 4) is 0 Å².